The summed E-state index contributed by atoms with van der Waals surface area (Å²) in [6.07, 6.45) is 10.2. The molecule has 4 N–H and O–H groups in total. The Hall–Kier alpha value is -2.68. The van der Waals surface area contributed by atoms with E-state index in [2.05, 4.69) is 102 Å². The number of likely N-dealkylation sites (N-methyl/N-ethyl adjacent to an activating group) is 2. The summed E-state index contributed by atoms with van der Waals surface area (Å²) in [5, 5.41) is 12.2. The van der Waals surface area contributed by atoms with Gasteiger partial charge in [-0.3, -0.25) is 19.2 Å². The molecule has 12 nitrogen and oxygen atoms in total. The smallest absolute Gasteiger partial charge is 0.245 e. The van der Waals surface area contributed by atoms with Gasteiger partial charge in [-0.05, 0) is 114 Å². The van der Waals surface area contributed by atoms with E-state index >= 15 is 0 Å². The number of hydrogen-bond acceptors (Lipinski definition) is 8. The molecule has 390 valence electrons. The van der Waals surface area contributed by atoms with Gasteiger partial charge in [-0.1, -0.05) is 115 Å². The maximum Gasteiger partial charge on any atom is 0.245 e. The van der Waals surface area contributed by atoms with Crippen LogP contribution in [-0.4, -0.2) is 146 Å². The molecule has 2 aliphatic rings. The number of carbonyl (C=O) groups excluding carboxylic acids is 4. The van der Waals surface area contributed by atoms with Crippen molar-refractivity contribution in [3.8, 4) is 0 Å². The minimum Gasteiger partial charge on any atom is -0.342 e. The third kappa shape index (κ3) is 21.0. The van der Waals surface area contributed by atoms with Crippen molar-refractivity contribution >= 4 is 73.3 Å². The predicted octanol–water partition coefficient (Wildman–Crippen LogP) is 7.58. The van der Waals surface area contributed by atoms with Gasteiger partial charge in [0.1, 0.15) is 12.1 Å². The monoisotopic (exact) mass is 1030 g/mol. The van der Waals surface area contributed by atoms with Crippen molar-refractivity contribution in [2.24, 2.45) is 10.8 Å². The topological polar surface area (TPSA) is 129 Å². The molecule has 2 heterocycles. The number of carbonyl (C=O) groups is 4. The standard InChI is InChI=1S/C52H86N8O4.4ClH/c1-39(53-9)47(61)55-45(51(3,4)5)49(63)59-33-21-27-43(59)37-57(35-29-41-23-15-13-16-24-41)31-19-11-12-20-32-58(36-30-42-25-17-14-18-26-42)38-44-28-22-34-60(44)50(64)46(52(6,7)8)56-48(62)40(2)54-10;;;;/h13-18,23-26,39-40,43-46,53-54H,11-12,19-22,27-38H2,1-10H3,(H,55,61)(H,56,62);4*1H/t39-,40-,43-,44-,45+,46+;;;;/m0..../s1. The number of hydrogen-bond donors (Lipinski definition) is 4. The van der Waals surface area contributed by atoms with Gasteiger partial charge in [0.15, 0.2) is 0 Å². The van der Waals surface area contributed by atoms with E-state index < -0.39 is 22.9 Å². The summed E-state index contributed by atoms with van der Waals surface area (Å²) in [6.45, 7) is 22.7. The van der Waals surface area contributed by atoms with Crippen molar-refractivity contribution in [3.05, 3.63) is 71.8 Å². The van der Waals surface area contributed by atoms with Gasteiger partial charge in [-0.2, -0.15) is 0 Å². The van der Waals surface area contributed by atoms with Crippen LogP contribution in [0.4, 0.5) is 0 Å². The zero-order valence-electron chi connectivity index (χ0n) is 43.0. The summed E-state index contributed by atoms with van der Waals surface area (Å²) in [4.78, 5) is 63.8. The van der Waals surface area contributed by atoms with Gasteiger partial charge in [0, 0.05) is 51.4 Å². The molecule has 4 amide bonds. The van der Waals surface area contributed by atoms with Gasteiger partial charge in [-0.15, -0.1) is 49.6 Å². The normalized spacial score (nSPS) is 17.8. The number of unbranched alkanes of at least 4 members (excludes halogenated alkanes) is 3. The van der Waals surface area contributed by atoms with Gasteiger partial charge in [0.05, 0.1) is 12.1 Å². The van der Waals surface area contributed by atoms with Crippen molar-refractivity contribution in [3.63, 3.8) is 0 Å². The zero-order chi connectivity index (χ0) is 46.9. The first-order valence-electron chi connectivity index (χ1n) is 24.5. The first-order chi connectivity index (χ1) is 30.4. The van der Waals surface area contributed by atoms with E-state index in [1.54, 1.807) is 14.1 Å². The maximum absolute atomic E-state index is 14.3. The van der Waals surface area contributed by atoms with Crippen LogP contribution in [0, 0.1) is 10.8 Å². The molecule has 0 bridgehead atoms. The van der Waals surface area contributed by atoms with Crippen molar-refractivity contribution < 1.29 is 19.2 Å². The van der Waals surface area contributed by atoms with Crippen LogP contribution in [0.15, 0.2) is 60.7 Å². The Morgan fingerprint density at radius 2 is 0.897 bits per heavy atom. The first-order valence-corrected chi connectivity index (χ1v) is 24.5. The molecule has 2 fully saturated rings. The van der Waals surface area contributed by atoms with E-state index in [4.69, 9.17) is 0 Å². The Bertz CT molecular complexity index is 1610. The number of likely N-dealkylation sites (tertiary alicyclic amines) is 2. The SMILES string of the molecule is CN[C@@H](C)C(=O)N[C@H](C(=O)N1CCC[C@H]1CN(CCCCCCN(CCc1ccccc1)C[C@@H]1CCCN1C(=O)[C@@H](NC(=O)[C@H](C)NC)C(C)(C)C)CCc1ccccc1)C(C)(C)C.Cl.Cl.Cl.Cl. The largest absolute Gasteiger partial charge is 0.342 e. The van der Waals surface area contributed by atoms with Crippen LogP contribution in [0.2, 0.25) is 0 Å². The van der Waals surface area contributed by atoms with Crippen molar-refractivity contribution in [2.45, 2.75) is 156 Å². The van der Waals surface area contributed by atoms with Crippen LogP contribution in [0.3, 0.4) is 0 Å². The van der Waals surface area contributed by atoms with Crippen molar-refractivity contribution in [1.82, 2.24) is 40.9 Å². The molecule has 2 aromatic carbocycles. The molecule has 6 atom stereocenters. The Morgan fingerprint density at radius 3 is 1.21 bits per heavy atom. The number of benzene rings is 2. The molecule has 68 heavy (non-hydrogen) atoms. The van der Waals surface area contributed by atoms with Crippen LogP contribution in [-0.2, 0) is 32.0 Å². The molecule has 0 unspecified atom stereocenters. The fraction of sp³-hybridized carbons (Fsp3) is 0.692. The highest BCUT2D eigenvalue weighted by Gasteiger charge is 2.42. The number of rotatable bonds is 25. The summed E-state index contributed by atoms with van der Waals surface area (Å²) < 4.78 is 0. The Morgan fingerprint density at radius 1 is 0.559 bits per heavy atom. The molecular weight excluding hydrogens is 942 g/mol. The number of halogens is 4. The van der Waals surface area contributed by atoms with E-state index in [9.17, 15) is 19.2 Å². The van der Waals surface area contributed by atoms with Gasteiger partial charge in [0.25, 0.3) is 0 Å². The lowest BCUT2D eigenvalue weighted by atomic mass is 9.85. The third-order valence-electron chi connectivity index (χ3n) is 13.5. The molecule has 0 radical (unpaired) electrons. The molecule has 0 aromatic heterocycles. The van der Waals surface area contributed by atoms with E-state index in [0.29, 0.717) is 0 Å². The van der Waals surface area contributed by atoms with Crippen LogP contribution in [0.25, 0.3) is 0 Å². The lowest BCUT2D eigenvalue weighted by Crippen LogP contribution is -2.59. The quantitative estimate of drug-likeness (QED) is 0.0751. The molecule has 0 aliphatic carbocycles. The van der Waals surface area contributed by atoms with Crippen LogP contribution in [0.5, 0.6) is 0 Å². The number of nitrogens with one attached hydrogen (secondary N) is 4. The van der Waals surface area contributed by atoms with Crippen molar-refractivity contribution in [1.29, 1.82) is 0 Å². The highest BCUT2D eigenvalue weighted by atomic mass is 35.5. The summed E-state index contributed by atoms with van der Waals surface area (Å²) >= 11 is 0. The summed E-state index contributed by atoms with van der Waals surface area (Å²) in [7, 11) is 3.52. The van der Waals surface area contributed by atoms with E-state index in [1.165, 1.54) is 11.1 Å². The maximum atomic E-state index is 14.3. The second-order valence-electron chi connectivity index (χ2n) is 20.8. The molecule has 2 saturated heterocycles. The lowest BCUT2D eigenvalue weighted by molar-refractivity contribution is -0.141. The Balaban J connectivity index is 0.0000112. The molecule has 0 saturated carbocycles. The Kier molecular flexibility index (Phi) is 31.1. The fourth-order valence-electron chi connectivity index (χ4n) is 9.13. The fourth-order valence-corrected chi connectivity index (χ4v) is 9.13. The molecule has 2 aliphatic heterocycles. The van der Waals surface area contributed by atoms with Crippen LogP contribution < -0.4 is 21.3 Å². The molecule has 0 spiro atoms. The van der Waals surface area contributed by atoms with Gasteiger partial charge in [0.2, 0.25) is 23.6 Å². The number of amides is 4. The second-order valence-corrected chi connectivity index (χ2v) is 20.8. The average Bonchev–Trinajstić information content (AvgIpc) is 3.95. The summed E-state index contributed by atoms with van der Waals surface area (Å²) in [5.74, 6) is -0.261. The molecule has 4 rings (SSSR count). The average molecular weight is 1030 g/mol. The highest BCUT2D eigenvalue weighted by Crippen LogP contribution is 2.28. The summed E-state index contributed by atoms with van der Waals surface area (Å²) in [5.41, 5.74) is 1.79. The van der Waals surface area contributed by atoms with E-state index in [1.807, 2.05) is 55.4 Å². The minimum absolute atomic E-state index is 0. The van der Waals surface area contributed by atoms with Gasteiger partial charge < -0.3 is 40.9 Å². The third-order valence-corrected chi connectivity index (χ3v) is 13.5. The van der Waals surface area contributed by atoms with Crippen molar-refractivity contribution in [2.75, 3.05) is 66.5 Å². The van der Waals surface area contributed by atoms with E-state index in [-0.39, 0.29) is 97.4 Å². The lowest BCUT2D eigenvalue weighted by Gasteiger charge is -2.37. The minimum atomic E-state index is -0.598. The predicted molar refractivity (Wildman–Crippen MR) is 290 cm³/mol. The molecular formula is C52H90Cl4N8O4. The molecule has 2 aromatic rings. The van der Waals surface area contributed by atoms with E-state index in [0.717, 1.165) is 117 Å². The number of nitrogens with zero attached hydrogens (tertiary/aromatic N) is 4. The zero-order valence-corrected chi connectivity index (χ0v) is 46.3. The second kappa shape index (κ2) is 32.3. The van der Waals surface area contributed by atoms with Gasteiger partial charge >= 0.3 is 0 Å². The van der Waals surface area contributed by atoms with Crippen LogP contribution in [0.1, 0.15) is 118 Å². The molecule has 16 heteroatoms. The highest BCUT2D eigenvalue weighted by molar-refractivity contribution is 5.91. The Labute approximate surface area is 436 Å². The summed E-state index contributed by atoms with van der Waals surface area (Å²) in [6, 6.07) is 19.6. The van der Waals surface area contributed by atoms with Crippen LogP contribution >= 0.6 is 49.6 Å². The first kappa shape index (κ1) is 65.3. The van der Waals surface area contributed by atoms with Gasteiger partial charge in [-0.25, -0.2) is 0 Å².